The minimum Gasteiger partial charge on any atom is -0.377 e. The lowest BCUT2D eigenvalue weighted by Gasteiger charge is -2.18. The molecule has 0 aliphatic carbocycles. The van der Waals surface area contributed by atoms with Gasteiger partial charge in [0, 0.05) is 25.7 Å². The minimum atomic E-state index is -3.90. The van der Waals surface area contributed by atoms with Crippen molar-refractivity contribution < 1.29 is 13.2 Å². The van der Waals surface area contributed by atoms with Crippen molar-refractivity contribution in [2.45, 2.75) is 37.6 Å². The van der Waals surface area contributed by atoms with Gasteiger partial charge < -0.3 is 10.2 Å². The maximum atomic E-state index is 12.2. The maximum Gasteiger partial charge on any atom is 0.251 e. The second kappa shape index (κ2) is 6.91. The number of rotatable bonds is 6. The van der Waals surface area contributed by atoms with Crippen LogP contribution in [0.5, 0.6) is 0 Å². The Morgan fingerprint density at radius 2 is 1.86 bits per heavy atom. The molecule has 0 aromatic heterocycles. The zero-order valence-electron chi connectivity index (χ0n) is 12.9. The first kappa shape index (κ1) is 17.5. The average Bonchev–Trinajstić information content (AvgIpc) is 2.42. The third-order valence-electron chi connectivity index (χ3n) is 3.33. The lowest BCUT2D eigenvalue weighted by molar-refractivity contribution is 0.0934. The summed E-state index contributed by atoms with van der Waals surface area (Å²) in [4.78, 5) is 13.8. The zero-order valence-corrected chi connectivity index (χ0v) is 13.7. The van der Waals surface area contributed by atoms with Crippen LogP contribution in [0.25, 0.3) is 0 Å². The molecule has 6 nitrogen and oxygen atoms in total. The number of nitrogens with two attached hydrogens (primary N) is 1. The molecular weight excluding hydrogens is 290 g/mol. The van der Waals surface area contributed by atoms with E-state index in [2.05, 4.69) is 5.32 Å². The molecule has 7 heteroatoms. The van der Waals surface area contributed by atoms with E-state index < -0.39 is 10.0 Å². The summed E-state index contributed by atoms with van der Waals surface area (Å²) >= 11 is 0. The lowest BCUT2D eigenvalue weighted by atomic mass is 10.1. The van der Waals surface area contributed by atoms with E-state index in [-0.39, 0.29) is 22.4 Å². The van der Waals surface area contributed by atoms with Crippen molar-refractivity contribution in [3.63, 3.8) is 0 Å². The van der Waals surface area contributed by atoms with E-state index in [1.54, 1.807) is 31.1 Å². The van der Waals surface area contributed by atoms with Crippen molar-refractivity contribution in [1.29, 1.82) is 0 Å². The van der Waals surface area contributed by atoms with Gasteiger partial charge in [0.15, 0.2) is 0 Å². The van der Waals surface area contributed by atoms with Crippen LogP contribution in [0, 0.1) is 0 Å². The summed E-state index contributed by atoms with van der Waals surface area (Å²) in [5.74, 6) is -0.293. The normalized spacial score (nSPS) is 11.5. The standard InChI is InChI=1S/C14H23N3O3S/c1-5-11(6-2)16-14(18)10-7-8-12(17(3)4)13(9-10)21(15,19)20/h7-9,11H,5-6H2,1-4H3,(H,16,18)(H2,15,19,20). The van der Waals surface area contributed by atoms with Gasteiger partial charge in [-0.1, -0.05) is 13.8 Å². The minimum absolute atomic E-state index is 0.0512. The van der Waals surface area contributed by atoms with Gasteiger partial charge in [0.1, 0.15) is 4.90 Å². The summed E-state index contributed by atoms with van der Waals surface area (Å²) in [6.45, 7) is 3.97. The quantitative estimate of drug-likeness (QED) is 0.828. The van der Waals surface area contributed by atoms with E-state index in [4.69, 9.17) is 5.14 Å². The number of carbonyl (C=O) groups excluding carboxylic acids is 1. The maximum absolute atomic E-state index is 12.2. The van der Waals surface area contributed by atoms with Gasteiger partial charge in [0.05, 0.1) is 5.69 Å². The van der Waals surface area contributed by atoms with E-state index in [1.807, 2.05) is 13.8 Å². The van der Waals surface area contributed by atoms with Gasteiger partial charge in [0.2, 0.25) is 10.0 Å². The molecule has 0 radical (unpaired) electrons. The number of benzene rings is 1. The first-order valence-corrected chi connectivity index (χ1v) is 8.40. The summed E-state index contributed by atoms with van der Waals surface area (Å²) < 4.78 is 23.4. The second-order valence-corrected chi connectivity index (χ2v) is 6.64. The number of carbonyl (C=O) groups is 1. The Bertz CT molecular complexity index is 608. The Labute approximate surface area is 126 Å². The molecular formula is C14H23N3O3S. The van der Waals surface area contributed by atoms with E-state index in [0.29, 0.717) is 5.69 Å². The topological polar surface area (TPSA) is 92.5 Å². The molecule has 0 bridgehead atoms. The summed E-state index contributed by atoms with van der Waals surface area (Å²) in [7, 11) is -0.463. The first-order chi connectivity index (χ1) is 9.70. The molecule has 0 saturated carbocycles. The molecule has 0 unspecified atom stereocenters. The van der Waals surface area contributed by atoms with Crippen molar-refractivity contribution in [2.75, 3.05) is 19.0 Å². The predicted octanol–water partition coefficient (Wildman–Crippen LogP) is 1.32. The van der Waals surface area contributed by atoms with Crippen LogP contribution in [0.15, 0.2) is 23.1 Å². The molecule has 1 aromatic rings. The van der Waals surface area contributed by atoms with E-state index in [9.17, 15) is 13.2 Å². The van der Waals surface area contributed by atoms with Gasteiger partial charge in [-0.15, -0.1) is 0 Å². The predicted molar refractivity (Wildman–Crippen MR) is 84.0 cm³/mol. The van der Waals surface area contributed by atoms with E-state index >= 15 is 0 Å². The lowest BCUT2D eigenvalue weighted by Crippen LogP contribution is -2.34. The molecule has 1 amide bonds. The van der Waals surface area contributed by atoms with Crippen LogP contribution >= 0.6 is 0 Å². The highest BCUT2D eigenvalue weighted by molar-refractivity contribution is 7.89. The van der Waals surface area contributed by atoms with Crippen LogP contribution in [0.1, 0.15) is 37.0 Å². The molecule has 0 fully saturated rings. The fourth-order valence-electron chi connectivity index (χ4n) is 2.01. The monoisotopic (exact) mass is 313 g/mol. The number of nitrogens with one attached hydrogen (secondary N) is 1. The third-order valence-corrected chi connectivity index (χ3v) is 4.27. The van der Waals surface area contributed by atoms with E-state index in [0.717, 1.165) is 12.8 Å². The zero-order chi connectivity index (χ0) is 16.2. The molecule has 0 saturated heterocycles. The van der Waals surface area contributed by atoms with Crippen molar-refractivity contribution >= 4 is 21.6 Å². The number of nitrogens with zero attached hydrogens (tertiary/aromatic N) is 1. The van der Waals surface area contributed by atoms with Crippen molar-refractivity contribution in [1.82, 2.24) is 5.32 Å². The average molecular weight is 313 g/mol. The van der Waals surface area contributed by atoms with Gasteiger partial charge in [0.25, 0.3) is 5.91 Å². The van der Waals surface area contributed by atoms with Gasteiger partial charge in [-0.25, -0.2) is 13.6 Å². The molecule has 1 rings (SSSR count). The summed E-state index contributed by atoms with van der Waals surface area (Å²) in [5.41, 5.74) is 0.744. The third kappa shape index (κ3) is 4.44. The van der Waals surface area contributed by atoms with Crippen molar-refractivity contribution in [3.05, 3.63) is 23.8 Å². The number of primary sulfonamides is 1. The van der Waals surface area contributed by atoms with Crippen LogP contribution in [-0.2, 0) is 10.0 Å². The Kier molecular flexibility index (Phi) is 5.74. The van der Waals surface area contributed by atoms with Crippen molar-refractivity contribution in [3.8, 4) is 0 Å². The van der Waals surface area contributed by atoms with Gasteiger partial charge in [-0.2, -0.15) is 0 Å². The molecule has 0 aliphatic rings. The molecule has 0 spiro atoms. The number of hydrogen-bond acceptors (Lipinski definition) is 4. The number of hydrogen-bond donors (Lipinski definition) is 2. The summed E-state index contributed by atoms with van der Waals surface area (Å²) in [5, 5.41) is 8.10. The van der Waals surface area contributed by atoms with Crippen LogP contribution < -0.4 is 15.4 Å². The highest BCUT2D eigenvalue weighted by Crippen LogP contribution is 2.24. The Morgan fingerprint density at radius 1 is 1.29 bits per heavy atom. The molecule has 1 aromatic carbocycles. The Hall–Kier alpha value is -1.60. The van der Waals surface area contributed by atoms with Gasteiger partial charge >= 0.3 is 0 Å². The van der Waals surface area contributed by atoms with Crippen LogP contribution in [0.2, 0.25) is 0 Å². The Balaban J connectivity index is 3.20. The summed E-state index contributed by atoms with van der Waals surface area (Å²) in [6, 6.07) is 4.58. The highest BCUT2D eigenvalue weighted by Gasteiger charge is 2.19. The Morgan fingerprint density at radius 3 is 2.29 bits per heavy atom. The SMILES string of the molecule is CCC(CC)NC(=O)c1ccc(N(C)C)c(S(N)(=O)=O)c1. The van der Waals surface area contributed by atoms with Crippen LogP contribution in [0.4, 0.5) is 5.69 Å². The number of amides is 1. The summed E-state index contributed by atoms with van der Waals surface area (Å²) in [6.07, 6.45) is 1.64. The molecule has 3 N–H and O–H groups in total. The first-order valence-electron chi connectivity index (χ1n) is 6.85. The fraction of sp³-hybridized carbons (Fsp3) is 0.500. The number of sulfonamides is 1. The molecule has 0 heterocycles. The molecule has 118 valence electrons. The van der Waals surface area contributed by atoms with Crippen LogP contribution in [0.3, 0.4) is 0 Å². The van der Waals surface area contributed by atoms with Crippen LogP contribution in [-0.4, -0.2) is 34.5 Å². The smallest absolute Gasteiger partial charge is 0.251 e. The second-order valence-electron chi connectivity index (χ2n) is 5.11. The fourth-order valence-corrected chi connectivity index (χ4v) is 2.85. The highest BCUT2D eigenvalue weighted by atomic mass is 32.2. The largest absolute Gasteiger partial charge is 0.377 e. The molecule has 0 atom stereocenters. The molecule has 21 heavy (non-hydrogen) atoms. The van der Waals surface area contributed by atoms with E-state index in [1.165, 1.54) is 6.07 Å². The van der Waals surface area contributed by atoms with Crippen molar-refractivity contribution in [2.24, 2.45) is 5.14 Å². The van der Waals surface area contributed by atoms with Gasteiger partial charge in [-0.3, -0.25) is 4.79 Å². The molecule has 0 aliphatic heterocycles. The number of anilines is 1. The van der Waals surface area contributed by atoms with Gasteiger partial charge in [-0.05, 0) is 31.0 Å².